The number of pyridine rings is 1. The second kappa shape index (κ2) is 6.59. The predicted molar refractivity (Wildman–Crippen MR) is 71.2 cm³/mol. The number of aryl methyl sites for hydroxylation is 1. The molecule has 5 heteroatoms. The lowest BCUT2D eigenvalue weighted by Crippen LogP contribution is -2.31. The lowest BCUT2D eigenvalue weighted by molar-refractivity contribution is -0.141. The van der Waals surface area contributed by atoms with Crippen molar-refractivity contribution in [1.29, 1.82) is 0 Å². The molecule has 0 bridgehead atoms. The molecule has 0 unspecified atom stereocenters. The molecule has 0 aliphatic heterocycles. The van der Waals surface area contributed by atoms with Gasteiger partial charge in [-0.3, -0.25) is 4.79 Å². The molecule has 0 fully saturated rings. The van der Waals surface area contributed by atoms with Gasteiger partial charge in [0, 0.05) is 17.2 Å². The van der Waals surface area contributed by atoms with Gasteiger partial charge in [0.25, 0.3) is 0 Å². The molecule has 0 saturated heterocycles. The quantitative estimate of drug-likeness (QED) is 0.784. The van der Waals surface area contributed by atoms with Gasteiger partial charge in [-0.05, 0) is 48.3 Å². The smallest absolute Gasteiger partial charge is 0.325 e. The molecule has 0 aliphatic carbocycles. The van der Waals surface area contributed by atoms with Gasteiger partial charge in [0.15, 0.2) is 0 Å². The zero-order chi connectivity index (χ0) is 12.8. The first-order chi connectivity index (χ1) is 8.08. The Kier molecular flexibility index (Phi) is 5.41. The van der Waals surface area contributed by atoms with E-state index in [1.54, 1.807) is 13.1 Å². The number of anilines is 1. The van der Waals surface area contributed by atoms with Crippen molar-refractivity contribution < 1.29 is 9.53 Å². The lowest BCUT2D eigenvalue weighted by Gasteiger charge is -2.21. The van der Waals surface area contributed by atoms with E-state index in [-0.39, 0.29) is 12.5 Å². The summed E-state index contributed by atoms with van der Waals surface area (Å²) in [5, 5.41) is 0. The van der Waals surface area contributed by atoms with E-state index >= 15 is 0 Å². The summed E-state index contributed by atoms with van der Waals surface area (Å²) >= 11 is 3.40. The van der Waals surface area contributed by atoms with Crippen LogP contribution < -0.4 is 4.90 Å². The number of esters is 1. The molecule has 0 spiro atoms. The zero-order valence-corrected chi connectivity index (χ0v) is 12.0. The minimum Gasteiger partial charge on any atom is -0.465 e. The van der Waals surface area contributed by atoms with E-state index in [1.807, 2.05) is 24.8 Å². The van der Waals surface area contributed by atoms with Gasteiger partial charge in [0.2, 0.25) is 0 Å². The first kappa shape index (κ1) is 14.0. The largest absolute Gasteiger partial charge is 0.465 e. The summed E-state index contributed by atoms with van der Waals surface area (Å²) in [5.41, 5.74) is 1.09. The number of ether oxygens (including phenoxy) is 1. The van der Waals surface area contributed by atoms with Crippen LogP contribution >= 0.6 is 15.9 Å². The first-order valence-corrected chi connectivity index (χ1v) is 6.40. The van der Waals surface area contributed by atoms with Crippen molar-refractivity contribution in [3.05, 3.63) is 22.3 Å². The minimum atomic E-state index is -0.225. The minimum absolute atomic E-state index is 0.225. The molecule has 0 N–H and O–H groups in total. The van der Waals surface area contributed by atoms with Crippen molar-refractivity contribution in [3.63, 3.8) is 0 Å². The highest BCUT2D eigenvalue weighted by Gasteiger charge is 2.12. The zero-order valence-electron chi connectivity index (χ0n) is 10.4. The molecule has 1 rings (SSSR count). The second-order valence-electron chi connectivity index (χ2n) is 3.61. The average molecular weight is 301 g/mol. The Morgan fingerprint density at radius 3 is 2.76 bits per heavy atom. The molecule has 1 aromatic rings. The number of hydrogen-bond donors (Lipinski definition) is 0. The molecular formula is C12H17BrN2O2. The van der Waals surface area contributed by atoms with E-state index in [0.717, 1.165) is 15.9 Å². The van der Waals surface area contributed by atoms with E-state index in [9.17, 15) is 4.79 Å². The normalized spacial score (nSPS) is 10.1. The Bertz CT molecular complexity index is 396. The van der Waals surface area contributed by atoms with Gasteiger partial charge in [-0.25, -0.2) is 4.98 Å². The maximum absolute atomic E-state index is 11.4. The fourth-order valence-electron chi connectivity index (χ4n) is 1.41. The number of aromatic nitrogens is 1. The Morgan fingerprint density at radius 2 is 2.24 bits per heavy atom. The third-order valence-corrected chi connectivity index (χ3v) is 3.19. The van der Waals surface area contributed by atoms with Crippen molar-refractivity contribution >= 4 is 27.7 Å². The molecule has 1 aromatic heterocycles. The van der Waals surface area contributed by atoms with Crippen molar-refractivity contribution in [2.75, 3.05) is 24.6 Å². The van der Waals surface area contributed by atoms with Crippen LogP contribution in [0, 0.1) is 6.92 Å². The van der Waals surface area contributed by atoms with Gasteiger partial charge in [0.1, 0.15) is 12.4 Å². The summed E-state index contributed by atoms with van der Waals surface area (Å²) in [6.07, 6.45) is 1.75. The SMILES string of the molecule is CCOC(=O)CN(CC)c1cc(C)c(Br)cn1. The molecule has 1 heterocycles. The molecule has 94 valence electrons. The van der Waals surface area contributed by atoms with Crippen LogP contribution in [0.1, 0.15) is 19.4 Å². The summed E-state index contributed by atoms with van der Waals surface area (Å²) in [5.74, 6) is 0.568. The molecule has 0 aromatic carbocycles. The van der Waals surface area contributed by atoms with Gasteiger partial charge >= 0.3 is 5.97 Å². The van der Waals surface area contributed by atoms with Gasteiger partial charge in [-0.15, -0.1) is 0 Å². The predicted octanol–water partition coefficient (Wildman–Crippen LogP) is 2.54. The van der Waals surface area contributed by atoms with Gasteiger partial charge in [0.05, 0.1) is 6.61 Å². The van der Waals surface area contributed by atoms with Crippen LogP contribution in [0.3, 0.4) is 0 Å². The van der Waals surface area contributed by atoms with E-state index in [1.165, 1.54) is 0 Å². The standard InChI is InChI=1S/C12H17BrN2O2/c1-4-15(8-12(16)17-5-2)11-6-9(3)10(13)7-14-11/h6-7H,4-5,8H2,1-3H3. The maximum Gasteiger partial charge on any atom is 0.325 e. The topological polar surface area (TPSA) is 42.4 Å². The first-order valence-electron chi connectivity index (χ1n) is 5.61. The van der Waals surface area contributed by atoms with Crippen LogP contribution in [0.5, 0.6) is 0 Å². The summed E-state index contributed by atoms with van der Waals surface area (Å²) in [6.45, 7) is 7.14. The van der Waals surface area contributed by atoms with Crippen molar-refractivity contribution in [3.8, 4) is 0 Å². The summed E-state index contributed by atoms with van der Waals surface area (Å²) < 4.78 is 5.90. The number of halogens is 1. The number of likely N-dealkylation sites (N-methyl/N-ethyl adjacent to an activating group) is 1. The average Bonchev–Trinajstić information content (AvgIpc) is 2.30. The van der Waals surface area contributed by atoms with E-state index < -0.39 is 0 Å². The van der Waals surface area contributed by atoms with Crippen LogP contribution in [0.15, 0.2) is 16.7 Å². The van der Waals surface area contributed by atoms with Crippen molar-refractivity contribution in [1.82, 2.24) is 4.98 Å². The van der Waals surface area contributed by atoms with E-state index in [0.29, 0.717) is 13.2 Å². The molecule has 0 saturated carbocycles. The third-order valence-electron chi connectivity index (χ3n) is 2.36. The highest BCUT2D eigenvalue weighted by Crippen LogP contribution is 2.19. The van der Waals surface area contributed by atoms with Crippen LogP contribution in [0.25, 0.3) is 0 Å². The van der Waals surface area contributed by atoms with E-state index in [4.69, 9.17) is 4.74 Å². The number of rotatable bonds is 5. The van der Waals surface area contributed by atoms with Crippen LogP contribution in [0.4, 0.5) is 5.82 Å². The molecular weight excluding hydrogens is 284 g/mol. The molecule has 0 amide bonds. The lowest BCUT2D eigenvalue weighted by atomic mass is 10.3. The maximum atomic E-state index is 11.4. The monoisotopic (exact) mass is 300 g/mol. The Balaban J connectivity index is 2.79. The van der Waals surface area contributed by atoms with Gasteiger partial charge < -0.3 is 9.64 Å². The second-order valence-corrected chi connectivity index (χ2v) is 4.47. The van der Waals surface area contributed by atoms with Crippen molar-refractivity contribution in [2.45, 2.75) is 20.8 Å². The number of hydrogen-bond acceptors (Lipinski definition) is 4. The highest BCUT2D eigenvalue weighted by atomic mass is 79.9. The van der Waals surface area contributed by atoms with Gasteiger partial charge in [-0.1, -0.05) is 0 Å². The Morgan fingerprint density at radius 1 is 1.53 bits per heavy atom. The fourth-order valence-corrected chi connectivity index (χ4v) is 1.63. The fraction of sp³-hybridized carbons (Fsp3) is 0.500. The van der Waals surface area contributed by atoms with Crippen LogP contribution in [-0.2, 0) is 9.53 Å². The highest BCUT2D eigenvalue weighted by molar-refractivity contribution is 9.10. The van der Waals surface area contributed by atoms with E-state index in [2.05, 4.69) is 20.9 Å². The van der Waals surface area contributed by atoms with Gasteiger partial charge in [-0.2, -0.15) is 0 Å². The molecule has 0 atom stereocenters. The number of carbonyl (C=O) groups excluding carboxylic acids is 1. The summed E-state index contributed by atoms with van der Waals surface area (Å²) in [6, 6.07) is 1.95. The Hall–Kier alpha value is -1.10. The Labute approximate surface area is 110 Å². The van der Waals surface area contributed by atoms with Crippen LogP contribution in [0.2, 0.25) is 0 Å². The molecule has 0 aliphatic rings. The summed E-state index contributed by atoms with van der Waals surface area (Å²) in [4.78, 5) is 17.6. The molecule has 0 radical (unpaired) electrons. The third kappa shape index (κ3) is 4.00. The number of carbonyl (C=O) groups is 1. The van der Waals surface area contributed by atoms with Crippen molar-refractivity contribution in [2.24, 2.45) is 0 Å². The van der Waals surface area contributed by atoms with Crippen LogP contribution in [-0.4, -0.2) is 30.6 Å². The molecule has 17 heavy (non-hydrogen) atoms. The summed E-state index contributed by atoms with van der Waals surface area (Å²) in [7, 11) is 0. The molecule has 4 nitrogen and oxygen atoms in total. The number of nitrogens with zero attached hydrogens (tertiary/aromatic N) is 2.